The van der Waals surface area contributed by atoms with E-state index in [-0.39, 0.29) is 17.4 Å². The van der Waals surface area contributed by atoms with Crippen molar-refractivity contribution < 1.29 is 15.0 Å². The van der Waals surface area contributed by atoms with Gasteiger partial charge in [-0.25, -0.2) is 0 Å². The Kier molecular flexibility index (Phi) is 2.94. The van der Waals surface area contributed by atoms with Crippen LogP contribution in [0.3, 0.4) is 0 Å². The van der Waals surface area contributed by atoms with E-state index in [0.29, 0.717) is 35.4 Å². The van der Waals surface area contributed by atoms with Crippen molar-refractivity contribution in [1.29, 1.82) is 0 Å². The predicted molar refractivity (Wildman–Crippen MR) is 91.1 cm³/mol. The lowest BCUT2D eigenvalue weighted by atomic mass is 9.46. The van der Waals surface area contributed by atoms with Crippen LogP contribution in [0, 0.1) is 40.4 Å². The molecule has 0 amide bonds. The maximum absolute atomic E-state index is 11.9. The van der Waals surface area contributed by atoms with Crippen molar-refractivity contribution in [3.05, 3.63) is 11.6 Å². The number of hydrogen-bond donors (Lipinski definition) is 2. The van der Waals surface area contributed by atoms with Crippen LogP contribution >= 0.6 is 0 Å². The SMILES string of the molecule is C[C@@H]1CC2=CC(=O)CC[C@@H]2[C@H]2CC[C@]3(C)C(O)(CO)CC4C[C@]43[C@@H]21. The largest absolute Gasteiger partial charge is 0.393 e. The summed E-state index contributed by atoms with van der Waals surface area (Å²) in [5.74, 6) is 3.47. The minimum atomic E-state index is -0.876. The van der Waals surface area contributed by atoms with Crippen LogP contribution < -0.4 is 0 Å². The summed E-state index contributed by atoms with van der Waals surface area (Å²) in [6.45, 7) is 4.56. The van der Waals surface area contributed by atoms with Gasteiger partial charge in [-0.05, 0) is 79.6 Å². The molecule has 2 unspecified atom stereocenters. The Balaban J connectivity index is 1.57. The normalized spacial score (nSPS) is 58.2. The number of aliphatic hydroxyl groups excluding tert-OH is 1. The van der Waals surface area contributed by atoms with Crippen LogP contribution in [-0.4, -0.2) is 28.2 Å². The number of ketones is 1. The Bertz CT molecular complexity index is 639. The number of hydrogen-bond acceptors (Lipinski definition) is 3. The molecule has 0 bridgehead atoms. The lowest BCUT2D eigenvalue weighted by Gasteiger charge is -2.59. The van der Waals surface area contributed by atoms with Crippen molar-refractivity contribution in [2.75, 3.05) is 6.61 Å². The topological polar surface area (TPSA) is 57.5 Å². The quantitative estimate of drug-likeness (QED) is 0.777. The van der Waals surface area contributed by atoms with E-state index in [4.69, 9.17) is 0 Å². The van der Waals surface area contributed by atoms with Crippen LogP contribution in [0.5, 0.6) is 0 Å². The highest BCUT2D eigenvalue weighted by atomic mass is 16.3. The second-order valence-corrected chi connectivity index (χ2v) is 9.91. The molecule has 4 saturated carbocycles. The molecule has 0 aromatic carbocycles. The number of carbonyl (C=O) groups excluding carboxylic acids is 1. The maximum atomic E-state index is 11.9. The summed E-state index contributed by atoms with van der Waals surface area (Å²) in [6, 6.07) is 0. The van der Waals surface area contributed by atoms with Gasteiger partial charge in [-0.1, -0.05) is 19.4 Å². The highest BCUT2D eigenvalue weighted by Gasteiger charge is 2.81. The Morgan fingerprint density at radius 1 is 1.29 bits per heavy atom. The number of fused-ring (bicyclic) bond motifs is 3. The van der Waals surface area contributed by atoms with E-state index >= 15 is 0 Å². The zero-order chi connectivity index (χ0) is 16.9. The Hall–Kier alpha value is -0.670. The zero-order valence-electron chi connectivity index (χ0n) is 14.9. The van der Waals surface area contributed by atoms with Gasteiger partial charge in [0.1, 0.15) is 0 Å². The van der Waals surface area contributed by atoms with Gasteiger partial charge < -0.3 is 10.2 Å². The van der Waals surface area contributed by atoms with Gasteiger partial charge in [0.05, 0.1) is 12.2 Å². The number of allylic oxidation sites excluding steroid dienone is 1. The molecule has 8 atom stereocenters. The van der Waals surface area contributed by atoms with Crippen LogP contribution in [0.4, 0.5) is 0 Å². The maximum Gasteiger partial charge on any atom is 0.155 e. The van der Waals surface area contributed by atoms with Gasteiger partial charge in [-0.15, -0.1) is 0 Å². The van der Waals surface area contributed by atoms with E-state index in [2.05, 4.69) is 13.8 Å². The molecule has 0 aliphatic heterocycles. The molecule has 0 saturated heterocycles. The van der Waals surface area contributed by atoms with E-state index in [9.17, 15) is 15.0 Å². The molecule has 5 rings (SSSR count). The Morgan fingerprint density at radius 2 is 2.08 bits per heavy atom. The smallest absolute Gasteiger partial charge is 0.155 e. The highest BCUT2D eigenvalue weighted by molar-refractivity contribution is 5.91. The van der Waals surface area contributed by atoms with E-state index in [1.165, 1.54) is 12.0 Å². The molecular formula is C21H30O3. The van der Waals surface area contributed by atoms with Crippen molar-refractivity contribution in [1.82, 2.24) is 0 Å². The molecule has 3 nitrogen and oxygen atoms in total. The highest BCUT2D eigenvalue weighted by Crippen LogP contribution is 2.84. The summed E-state index contributed by atoms with van der Waals surface area (Å²) in [4.78, 5) is 11.9. The third-order valence-electron chi connectivity index (χ3n) is 9.30. The van der Waals surface area contributed by atoms with Gasteiger partial charge in [-0.2, -0.15) is 0 Å². The monoisotopic (exact) mass is 330 g/mol. The molecule has 1 spiro atoms. The number of carbonyl (C=O) groups is 1. The molecule has 0 aromatic rings. The minimum Gasteiger partial charge on any atom is -0.393 e. The molecule has 0 radical (unpaired) electrons. The van der Waals surface area contributed by atoms with Gasteiger partial charge in [0, 0.05) is 11.8 Å². The molecule has 132 valence electrons. The Morgan fingerprint density at radius 3 is 2.83 bits per heavy atom. The first-order valence-electron chi connectivity index (χ1n) is 9.93. The van der Waals surface area contributed by atoms with Crippen molar-refractivity contribution in [3.8, 4) is 0 Å². The molecular weight excluding hydrogens is 300 g/mol. The van der Waals surface area contributed by atoms with Crippen LogP contribution in [0.1, 0.15) is 58.8 Å². The summed E-state index contributed by atoms with van der Waals surface area (Å²) in [6.07, 6.45) is 9.03. The first-order valence-corrected chi connectivity index (χ1v) is 9.93. The molecule has 2 N–H and O–H groups in total. The number of aliphatic hydroxyl groups is 2. The third-order valence-corrected chi connectivity index (χ3v) is 9.30. The molecule has 5 aliphatic carbocycles. The molecule has 3 heteroatoms. The van der Waals surface area contributed by atoms with Crippen molar-refractivity contribution in [3.63, 3.8) is 0 Å². The summed E-state index contributed by atoms with van der Waals surface area (Å²) in [5.41, 5.74) is 0.673. The van der Waals surface area contributed by atoms with Gasteiger partial charge in [0.2, 0.25) is 0 Å². The number of rotatable bonds is 1. The second-order valence-electron chi connectivity index (χ2n) is 9.91. The van der Waals surface area contributed by atoms with Crippen LogP contribution in [0.2, 0.25) is 0 Å². The van der Waals surface area contributed by atoms with Gasteiger partial charge in [-0.3, -0.25) is 4.79 Å². The lowest BCUT2D eigenvalue weighted by molar-refractivity contribution is -0.169. The van der Waals surface area contributed by atoms with Crippen molar-refractivity contribution in [2.45, 2.75) is 64.4 Å². The van der Waals surface area contributed by atoms with Crippen LogP contribution in [0.15, 0.2) is 11.6 Å². The first kappa shape index (κ1) is 15.6. The van der Waals surface area contributed by atoms with Crippen LogP contribution in [-0.2, 0) is 4.79 Å². The van der Waals surface area contributed by atoms with E-state index in [1.54, 1.807) is 0 Å². The minimum absolute atomic E-state index is 0.0867. The van der Waals surface area contributed by atoms with Gasteiger partial charge in [0.15, 0.2) is 5.78 Å². The van der Waals surface area contributed by atoms with Crippen molar-refractivity contribution >= 4 is 5.78 Å². The first-order chi connectivity index (χ1) is 11.4. The average molecular weight is 330 g/mol. The summed E-state index contributed by atoms with van der Waals surface area (Å²) >= 11 is 0. The fourth-order valence-corrected chi connectivity index (χ4v) is 8.29. The van der Waals surface area contributed by atoms with E-state index in [0.717, 1.165) is 38.5 Å². The Labute approximate surface area is 144 Å². The zero-order valence-corrected chi connectivity index (χ0v) is 14.9. The fourth-order valence-electron chi connectivity index (χ4n) is 8.29. The molecule has 5 aliphatic rings. The van der Waals surface area contributed by atoms with E-state index < -0.39 is 5.60 Å². The molecule has 4 fully saturated rings. The average Bonchev–Trinajstić information content (AvgIpc) is 3.19. The third kappa shape index (κ3) is 1.55. The van der Waals surface area contributed by atoms with Crippen molar-refractivity contribution in [2.24, 2.45) is 40.4 Å². The van der Waals surface area contributed by atoms with Gasteiger partial charge >= 0.3 is 0 Å². The van der Waals surface area contributed by atoms with Gasteiger partial charge in [0.25, 0.3) is 0 Å². The molecule has 24 heavy (non-hydrogen) atoms. The molecule has 0 heterocycles. The standard InChI is InChI=1S/C21H30O3/c1-12-7-13-8-15(23)3-4-16(13)17-5-6-19(2)20(24,11-22)9-14-10-21(14,19)18(12)17/h8,12,14,16-18,22,24H,3-7,9-11H2,1-2H3/t12-,14?,16+,17-,18-,19-,20?,21-/m1/s1. The lowest BCUT2D eigenvalue weighted by Crippen LogP contribution is -2.58. The summed E-state index contributed by atoms with van der Waals surface area (Å²) in [7, 11) is 0. The second kappa shape index (κ2) is 4.54. The predicted octanol–water partition coefficient (Wildman–Crippen LogP) is 3.10. The summed E-state index contributed by atoms with van der Waals surface area (Å²) in [5, 5.41) is 21.1. The summed E-state index contributed by atoms with van der Waals surface area (Å²) < 4.78 is 0. The van der Waals surface area contributed by atoms with E-state index in [1.807, 2.05) is 6.08 Å². The van der Waals surface area contributed by atoms with Crippen LogP contribution in [0.25, 0.3) is 0 Å². The fraction of sp³-hybridized carbons (Fsp3) is 0.857. The molecule has 0 aromatic heterocycles.